The van der Waals surface area contributed by atoms with Crippen LogP contribution in [0.3, 0.4) is 0 Å². The molecule has 2 aliphatic rings. The average molecular weight is 418 g/mol. The number of fused-ring (bicyclic) bond motifs is 1. The van der Waals surface area contributed by atoms with E-state index in [-0.39, 0.29) is 36.0 Å². The molecular weight excluding hydrogens is 397 g/mol. The Morgan fingerprint density at radius 1 is 1.13 bits per heavy atom. The fourth-order valence-corrected chi connectivity index (χ4v) is 4.06. The smallest absolute Gasteiger partial charge is 0.317 e. The van der Waals surface area contributed by atoms with Gasteiger partial charge in [0.2, 0.25) is 0 Å². The van der Waals surface area contributed by atoms with Crippen molar-refractivity contribution in [2.45, 2.75) is 31.3 Å². The van der Waals surface area contributed by atoms with Crippen molar-refractivity contribution >= 4 is 23.2 Å². The first kappa shape index (κ1) is 20.1. The van der Waals surface area contributed by atoms with Crippen LogP contribution in [-0.4, -0.2) is 35.3 Å². The summed E-state index contributed by atoms with van der Waals surface area (Å²) in [4.78, 5) is 26.5. The molecule has 4 rings (SSSR count). The Labute approximate surface area is 171 Å². The van der Waals surface area contributed by atoms with Crippen LogP contribution in [0.25, 0.3) is 0 Å². The minimum atomic E-state index is -0.845. The number of nitrogen functional groups attached to an aromatic ring is 1. The van der Waals surface area contributed by atoms with Crippen molar-refractivity contribution in [1.82, 2.24) is 10.2 Å². The van der Waals surface area contributed by atoms with Crippen molar-refractivity contribution in [3.05, 3.63) is 58.9 Å². The van der Waals surface area contributed by atoms with Gasteiger partial charge < -0.3 is 21.3 Å². The van der Waals surface area contributed by atoms with Gasteiger partial charge in [0, 0.05) is 54.5 Å². The monoisotopic (exact) mass is 418 g/mol. The number of likely N-dealkylation sites (tertiary alicyclic amines) is 1. The van der Waals surface area contributed by atoms with Gasteiger partial charge in [-0.3, -0.25) is 4.79 Å². The number of amides is 2. The highest BCUT2D eigenvalue weighted by molar-refractivity contribution is 6.04. The maximum Gasteiger partial charge on any atom is 0.317 e. The number of rotatable bonds is 2. The van der Waals surface area contributed by atoms with Crippen LogP contribution in [0.2, 0.25) is 0 Å². The molecule has 0 radical (unpaired) electrons. The largest absolute Gasteiger partial charge is 0.396 e. The number of piperidine rings is 1. The van der Waals surface area contributed by atoms with E-state index in [1.54, 1.807) is 11.0 Å². The van der Waals surface area contributed by atoms with Crippen molar-refractivity contribution in [3.8, 4) is 0 Å². The van der Waals surface area contributed by atoms with Gasteiger partial charge in [0.05, 0.1) is 5.69 Å². The molecule has 9 heteroatoms. The number of nitrogens with one attached hydrogen (secondary N) is 2. The summed E-state index contributed by atoms with van der Waals surface area (Å²) < 4.78 is 40.5. The molecule has 4 N–H and O–H groups in total. The molecule has 158 valence electrons. The quantitative estimate of drug-likeness (QED) is 0.652. The zero-order chi connectivity index (χ0) is 21.5. The Hall–Kier alpha value is -3.23. The summed E-state index contributed by atoms with van der Waals surface area (Å²) in [5, 5.41) is 5.98. The Bertz CT molecular complexity index is 1020. The van der Waals surface area contributed by atoms with E-state index in [0.29, 0.717) is 43.2 Å². The second-order valence-corrected chi connectivity index (χ2v) is 7.81. The number of carbonyl (C=O) groups excluding carboxylic acids is 2. The summed E-state index contributed by atoms with van der Waals surface area (Å²) in [6.07, 6.45) is 1.32. The number of halogens is 3. The SMILES string of the molecule is Nc1cc(CNC(=O)N2CCC3(CC2)CC(=O)c2cc(F)ccc2N3)c(F)cc1F. The Morgan fingerprint density at radius 2 is 1.87 bits per heavy atom. The van der Waals surface area contributed by atoms with Crippen LogP contribution in [0.5, 0.6) is 0 Å². The van der Waals surface area contributed by atoms with Crippen LogP contribution in [-0.2, 0) is 6.54 Å². The molecule has 6 nitrogen and oxygen atoms in total. The number of Topliss-reactive ketones (excluding diaryl/α,β-unsaturated/α-hetero) is 1. The van der Waals surface area contributed by atoms with Crippen molar-refractivity contribution in [1.29, 1.82) is 0 Å². The maximum absolute atomic E-state index is 13.8. The molecular formula is C21H21F3N4O2. The lowest BCUT2D eigenvalue weighted by Gasteiger charge is -2.45. The summed E-state index contributed by atoms with van der Waals surface area (Å²) in [7, 11) is 0. The zero-order valence-corrected chi connectivity index (χ0v) is 16.1. The highest BCUT2D eigenvalue weighted by Gasteiger charge is 2.41. The van der Waals surface area contributed by atoms with Gasteiger partial charge in [0.25, 0.3) is 0 Å². The van der Waals surface area contributed by atoms with E-state index < -0.39 is 23.0 Å². The summed E-state index contributed by atoms with van der Waals surface area (Å²) >= 11 is 0. The van der Waals surface area contributed by atoms with E-state index in [0.717, 1.165) is 6.07 Å². The first-order valence-corrected chi connectivity index (χ1v) is 9.63. The molecule has 0 atom stereocenters. The van der Waals surface area contributed by atoms with E-state index >= 15 is 0 Å². The van der Waals surface area contributed by atoms with Crippen LogP contribution in [0.4, 0.5) is 29.3 Å². The third-order valence-electron chi connectivity index (χ3n) is 5.78. The Morgan fingerprint density at radius 3 is 2.60 bits per heavy atom. The van der Waals surface area contributed by atoms with E-state index in [1.165, 1.54) is 12.1 Å². The standard InChI is InChI=1S/C21H21F3N4O2/c22-13-1-2-18-14(8-13)19(29)10-21(27-18)3-5-28(6-4-21)20(30)26-11-12-7-17(25)16(24)9-15(12)23/h1-2,7-9,27H,3-6,10-11,25H2,(H,26,30). The summed E-state index contributed by atoms with van der Waals surface area (Å²) in [5.74, 6) is -2.20. The van der Waals surface area contributed by atoms with Crippen molar-refractivity contribution in [2.75, 3.05) is 24.1 Å². The highest BCUT2D eigenvalue weighted by Crippen LogP contribution is 2.37. The predicted octanol–water partition coefficient (Wildman–Crippen LogP) is 3.43. The molecule has 1 fully saturated rings. The lowest BCUT2D eigenvalue weighted by atomic mass is 9.78. The molecule has 2 aromatic carbocycles. The van der Waals surface area contributed by atoms with Gasteiger partial charge in [-0.1, -0.05) is 0 Å². The fourth-order valence-electron chi connectivity index (χ4n) is 4.06. The van der Waals surface area contributed by atoms with Gasteiger partial charge in [-0.25, -0.2) is 18.0 Å². The highest BCUT2D eigenvalue weighted by atomic mass is 19.1. The molecule has 30 heavy (non-hydrogen) atoms. The number of hydrogen-bond donors (Lipinski definition) is 3. The third kappa shape index (κ3) is 3.79. The normalized spacial score (nSPS) is 17.4. The molecule has 2 aromatic rings. The van der Waals surface area contributed by atoms with Gasteiger partial charge in [-0.15, -0.1) is 0 Å². The Kier molecular flexibility index (Phi) is 5.05. The molecule has 1 saturated heterocycles. The maximum atomic E-state index is 13.8. The minimum absolute atomic E-state index is 0.0964. The molecule has 0 bridgehead atoms. The molecule has 0 saturated carbocycles. The fraction of sp³-hybridized carbons (Fsp3) is 0.333. The van der Waals surface area contributed by atoms with E-state index in [4.69, 9.17) is 5.73 Å². The van der Waals surface area contributed by atoms with Gasteiger partial charge in [-0.2, -0.15) is 0 Å². The molecule has 2 aliphatic heterocycles. The third-order valence-corrected chi connectivity index (χ3v) is 5.78. The topological polar surface area (TPSA) is 87.5 Å². The number of urea groups is 1. The number of nitrogens with two attached hydrogens (primary N) is 1. The van der Waals surface area contributed by atoms with Crippen molar-refractivity contribution in [3.63, 3.8) is 0 Å². The van der Waals surface area contributed by atoms with Crippen LogP contribution >= 0.6 is 0 Å². The zero-order valence-electron chi connectivity index (χ0n) is 16.1. The summed E-state index contributed by atoms with van der Waals surface area (Å²) in [6, 6.07) is 5.58. The number of carbonyl (C=O) groups is 2. The molecule has 0 aliphatic carbocycles. The van der Waals surface area contributed by atoms with Crippen LogP contribution < -0.4 is 16.4 Å². The van der Waals surface area contributed by atoms with Crippen molar-refractivity contribution in [2.24, 2.45) is 0 Å². The second-order valence-electron chi connectivity index (χ2n) is 7.81. The van der Waals surface area contributed by atoms with E-state index in [1.807, 2.05) is 0 Å². The lowest BCUT2D eigenvalue weighted by Crippen LogP contribution is -2.55. The first-order chi connectivity index (χ1) is 14.3. The molecule has 2 amide bonds. The number of nitrogens with zero attached hydrogens (tertiary/aromatic N) is 1. The van der Waals surface area contributed by atoms with Crippen LogP contribution in [0.1, 0.15) is 35.2 Å². The van der Waals surface area contributed by atoms with E-state index in [9.17, 15) is 22.8 Å². The van der Waals surface area contributed by atoms with Gasteiger partial charge >= 0.3 is 6.03 Å². The van der Waals surface area contributed by atoms with Gasteiger partial charge in [0.15, 0.2) is 5.78 Å². The number of ketones is 1. The Balaban J connectivity index is 1.36. The molecule has 0 aromatic heterocycles. The predicted molar refractivity (Wildman–Crippen MR) is 106 cm³/mol. The minimum Gasteiger partial charge on any atom is -0.396 e. The first-order valence-electron chi connectivity index (χ1n) is 9.63. The molecule has 1 spiro atoms. The average Bonchev–Trinajstić information content (AvgIpc) is 2.71. The number of anilines is 2. The number of benzene rings is 2. The van der Waals surface area contributed by atoms with Gasteiger partial charge in [-0.05, 0) is 37.1 Å². The van der Waals surface area contributed by atoms with E-state index in [2.05, 4.69) is 10.6 Å². The van der Waals surface area contributed by atoms with Crippen molar-refractivity contribution < 1.29 is 22.8 Å². The lowest BCUT2D eigenvalue weighted by molar-refractivity contribution is 0.0915. The van der Waals surface area contributed by atoms with Gasteiger partial charge in [0.1, 0.15) is 17.5 Å². The van der Waals surface area contributed by atoms with Crippen LogP contribution in [0, 0.1) is 17.5 Å². The summed E-state index contributed by atoms with van der Waals surface area (Å²) in [6.45, 7) is 0.680. The summed E-state index contributed by atoms with van der Waals surface area (Å²) in [5.41, 5.74) is 5.84. The number of hydrogen-bond acceptors (Lipinski definition) is 4. The van der Waals surface area contributed by atoms with Crippen LogP contribution in [0.15, 0.2) is 30.3 Å². The molecule has 0 unspecified atom stereocenters. The molecule has 2 heterocycles. The second kappa shape index (κ2) is 7.55.